The summed E-state index contributed by atoms with van der Waals surface area (Å²) in [6, 6.07) is 0. The van der Waals surface area contributed by atoms with Gasteiger partial charge in [0.05, 0.1) is 6.61 Å². The van der Waals surface area contributed by atoms with Gasteiger partial charge in [-0.3, -0.25) is 14.4 Å². The van der Waals surface area contributed by atoms with Crippen LogP contribution < -0.4 is 0 Å². The molecule has 0 aliphatic carbocycles. The summed E-state index contributed by atoms with van der Waals surface area (Å²) in [4.78, 5) is 51.2. The van der Waals surface area contributed by atoms with Gasteiger partial charge in [-0.25, -0.2) is 4.79 Å². The van der Waals surface area contributed by atoms with Crippen LogP contribution in [0.3, 0.4) is 0 Å². The van der Waals surface area contributed by atoms with E-state index in [1.165, 1.54) is 193 Å². The van der Waals surface area contributed by atoms with Crippen LogP contribution in [0.15, 0.2) is 12.2 Å². The van der Waals surface area contributed by atoms with Crippen molar-refractivity contribution in [2.24, 2.45) is 0 Å². The first-order valence-electron chi connectivity index (χ1n) is 32.7. The van der Waals surface area contributed by atoms with Crippen molar-refractivity contribution in [3.8, 4) is 0 Å². The van der Waals surface area contributed by atoms with Gasteiger partial charge in [-0.05, 0) is 44.9 Å². The van der Waals surface area contributed by atoms with Gasteiger partial charge < -0.3 is 39.0 Å². The van der Waals surface area contributed by atoms with Crippen molar-refractivity contribution in [2.75, 3.05) is 13.2 Å². The number of rotatable bonds is 57. The lowest BCUT2D eigenvalue weighted by molar-refractivity contribution is -0.301. The zero-order valence-corrected chi connectivity index (χ0v) is 50.0. The zero-order chi connectivity index (χ0) is 56.1. The van der Waals surface area contributed by atoms with E-state index in [0.29, 0.717) is 19.3 Å². The molecule has 0 aromatic carbocycles. The number of esters is 3. The van der Waals surface area contributed by atoms with E-state index >= 15 is 0 Å². The van der Waals surface area contributed by atoms with Gasteiger partial charge in [0.2, 0.25) is 0 Å². The summed E-state index contributed by atoms with van der Waals surface area (Å²) in [6.45, 7) is 6.03. The first-order chi connectivity index (χ1) is 37.6. The van der Waals surface area contributed by atoms with E-state index in [2.05, 4.69) is 32.9 Å². The molecular weight excluding hydrogens is 973 g/mol. The Morgan fingerprint density at radius 3 is 1.12 bits per heavy atom. The summed E-state index contributed by atoms with van der Waals surface area (Å²) in [6.07, 6.45) is 48.9. The summed E-state index contributed by atoms with van der Waals surface area (Å²) in [5.74, 6) is -3.08. The fourth-order valence-electron chi connectivity index (χ4n) is 10.3. The summed E-state index contributed by atoms with van der Waals surface area (Å²) >= 11 is 0. The summed E-state index contributed by atoms with van der Waals surface area (Å²) in [5, 5.41) is 31.5. The molecule has 77 heavy (non-hydrogen) atoms. The lowest BCUT2D eigenvalue weighted by atomic mass is 9.98. The van der Waals surface area contributed by atoms with E-state index in [1.807, 2.05) is 0 Å². The quantitative estimate of drug-likeness (QED) is 0.0228. The number of carboxylic acid groups (broad SMARTS) is 1. The van der Waals surface area contributed by atoms with Gasteiger partial charge >= 0.3 is 23.9 Å². The normalized spacial score (nSPS) is 18.0. The topological polar surface area (TPSA) is 175 Å². The summed E-state index contributed by atoms with van der Waals surface area (Å²) < 4.78 is 28.5. The van der Waals surface area contributed by atoms with Crippen molar-refractivity contribution in [3.05, 3.63) is 12.2 Å². The highest BCUT2D eigenvalue weighted by molar-refractivity contribution is 5.74. The molecule has 452 valence electrons. The van der Waals surface area contributed by atoms with Crippen LogP contribution in [0.25, 0.3) is 0 Å². The second-order valence-corrected chi connectivity index (χ2v) is 22.8. The molecule has 0 radical (unpaired) electrons. The van der Waals surface area contributed by atoms with Gasteiger partial charge in [0.1, 0.15) is 18.8 Å². The molecule has 1 fully saturated rings. The molecule has 1 heterocycles. The minimum atomic E-state index is -1.90. The fraction of sp³-hybridized carbons (Fsp3) is 0.908. The second kappa shape index (κ2) is 54.1. The molecule has 0 aromatic rings. The molecule has 1 saturated heterocycles. The number of unbranched alkanes of at least 4 members (excludes halogenated alkanes) is 41. The molecule has 0 aromatic heterocycles. The zero-order valence-electron chi connectivity index (χ0n) is 50.0. The molecule has 6 unspecified atom stereocenters. The molecule has 1 rings (SSSR count). The maximum atomic E-state index is 13.2. The third-order valence-corrected chi connectivity index (χ3v) is 15.3. The molecular formula is C65H120O12. The highest BCUT2D eigenvalue weighted by atomic mass is 16.7. The van der Waals surface area contributed by atoms with Crippen molar-refractivity contribution < 1.29 is 58.2 Å². The van der Waals surface area contributed by atoms with E-state index in [9.17, 15) is 34.5 Å². The van der Waals surface area contributed by atoms with Gasteiger partial charge in [0.25, 0.3) is 0 Å². The lowest BCUT2D eigenvalue weighted by Gasteiger charge is -2.40. The number of aliphatic hydroxyl groups excluding tert-OH is 2. The molecule has 0 bridgehead atoms. The van der Waals surface area contributed by atoms with Crippen LogP contribution in [0.4, 0.5) is 0 Å². The maximum absolute atomic E-state index is 13.2. The second-order valence-electron chi connectivity index (χ2n) is 22.8. The minimum absolute atomic E-state index is 0.0566. The van der Waals surface area contributed by atoms with Crippen molar-refractivity contribution in [2.45, 2.75) is 366 Å². The number of aliphatic carboxylic acids is 1. The Balaban J connectivity index is 2.62. The number of carboxylic acids is 1. The van der Waals surface area contributed by atoms with Crippen LogP contribution in [-0.2, 0) is 42.9 Å². The Morgan fingerprint density at radius 1 is 0.416 bits per heavy atom. The summed E-state index contributed by atoms with van der Waals surface area (Å²) in [7, 11) is 0. The van der Waals surface area contributed by atoms with Crippen LogP contribution in [-0.4, -0.2) is 89.2 Å². The van der Waals surface area contributed by atoms with Gasteiger partial charge in [0, 0.05) is 19.3 Å². The van der Waals surface area contributed by atoms with Crippen LogP contribution in [0.1, 0.15) is 329 Å². The van der Waals surface area contributed by atoms with E-state index in [1.54, 1.807) is 0 Å². The van der Waals surface area contributed by atoms with Crippen molar-refractivity contribution >= 4 is 23.9 Å². The van der Waals surface area contributed by atoms with E-state index in [-0.39, 0.29) is 25.9 Å². The van der Waals surface area contributed by atoms with Crippen LogP contribution in [0.5, 0.6) is 0 Å². The van der Waals surface area contributed by atoms with Gasteiger partial charge in [-0.15, -0.1) is 0 Å². The van der Waals surface area contributed by atoms with Gasteiger partial charge in [0.15, 0.2) is 24.6 Å². The average molecular weight is 1090 g/mol. The Kier molecular flexibility index (Phi) is 50.9. The molecule has 0 amide bonds. The smallest absolute Gasteiger partial charge is 0.335 e. The molecule has 3 N–H and O–H groups in total. The highest BCUT2D eigenvalue weighted by Gasteiger charge is 2.50. The Hall–Kier alpha value is -2.54. The predicted octanol–water partition coefficient (Wildman–Crippen LogP) is 17.2. The first kappa shape index (κ1) is 72.5. The molecule has 0 saturated carbocycles. The standard InChI is InChI=1S/C65H120O12/c1-4-7-10-13-16-19-22-25-27-28-29-30-32-34-36-39-42-45-48-51-57(66)73-54-56(75-58(67)52-49-46-43-40-38-35-31-26-23-20-17-14-11-8-5-2)55-74-65-63(61(70)60(69)62(77-65)64(71)72)76-59(68)53-50-47-44-41-37-33-24-21-18-15-12-9-6-3/h21,24,56,60-63,65,69-70H,4-20,22-23,25-55H2,1-3H3,(H,71,72)/b24-21-. The van der Waals surface area contributed by atoms with Gasteiger partial charge in [-0.2, -0.15) is 0 Å². The number of allylic oxidation sites excluding steroid dienone is 2. The largest absolute Gasteiger partial charge is 0.479 e. The van der Waals surface area contributed by atoms with E-state index in [4.69, 9.17) is 23.7 Å². The fourth-order valence-corrected chi connectivity index (χ4v) is 10.3. The van der Waals surface area contributed by atoms with Crippen molar-refractivity contribution in [3.63, 3.8) is 0 Å². The molecule has 0 spiro atoms. The SMILES string of the molecule is CCCCCC/C=C\CCCCCCCC(=O)OC1C(OCC(COC(=O)CCCCCCCCCCCCCCCCCCCCC)OC(=O)CCCCCCCCCCCCCCCCC)OC(C(=O)O)C(O)C1O. The molecule has 12 nitrogen and oxygen atoms in total. The Labute approximate surface area is 471 Å². The molecule has 1 aliphatic rings. The Morgan fingerprint density at radius 2 is 0.740 bits per heavy atom. The minimum Gasteiger partial charge on any atom is -0.479 e. The van der Waals surface area contributed by atoms with Gasteiger partial charge in [-0.1, -0.05) is 277 Å². The number of hydrogen-bond donors (Lipinski definition) is 3. The highest BCUT2D eigenvalue weighted by Crippen LogP contribution is 2.27. The predicted molar refractivity (Wildman–Crippen MR) is 313 cm³/mol. The molecule has 6 atom stereocenters. The number of carbonyl (C=O) groups is 4. The van der Waals surface area contributed by atoms with Crippen molar-refractivity contribution in [1.29, 1.82) is 0 Å². The summed E-state index contributed by atoms with van der Waals surface area (Å²) in [5.41, 5.74) is 0. The van der Waals surface area contributed by atoms with Crippen LogP contribution in [0.2, 0.25) is 0 Å². The van der Waals surface area contributed by atoms with Crippen LogP contribution >= 0.6 is 0 Å². The van der Waals surface area contributed by atoms with E-state index in [0.717, 1.165) is 77.0 Å². The molecule has 1 aliphatic heterocycles. The number of carbonyl (C=O) groups excluding carboxylic acids is 3. The average Bonchev–Trinajstić information content (AvgIpc) is 3.42. The molecule has 12 heteroatoms. The van der Waals surface area contributed by atoms with Crippen molar-refractivity contribution in [1.82, 2.24) is 0 Å². The maximum Gasteiger partial charge on any atom is 0.335 e. The van der Waals surface area contributed by atoms with Crippen LogP contribution in [0, 0.1) is 0 Å². The Bertz CT molecular complexity index is 1390. The third kappa shape index (κ3) is 43.9. The lowest BCUT2D eigenvalue weighted by Crippen LogP contribution is -2.61. The van der Waals surface area contributed by atoms with E-state index < -0.39 is 67.3 Å². The monoisotopic (exact) mass is 1090 g/mol. The number of hydrogen-bond acceptors (Lipinski definition) is 11. The first-order valence-corrected chi connectivity index (χ1v) is 32.7. The third-order valence-electron chi connectivity index (χ3n) is 15.3. The number of aliphatic hydroxyl groups is 2. The number of ether oxygens (including phenoxy) is 5.